The predicted molar refractivity (Wildman–Crippen MR) is 128 cm³/mol. The van der Waals surface area contributed by atoms with Crippen molar-refractivity contribution in [3.8, 4) is 16.2 Å². The lowest BCUT2D eigenvalue weighted by molar-refractivity contribution is 0.295. The summed E-state index contributed by atoms with van der Waals surface area (Å²) in [5.74, 6) is 2.01. The molecule has 3 heteroatoms. The summed E-state index contributed by atoms with van der Waals surface area (Å²) in [6, 6.07) is 13.8. The molecule has 3 aromatic rings. The summed E-state index contributed by atoms with van der Waals surface area (Å²) in [7, 11) is 0. The van der Waals surface area contributed by atoms with E-state index < -0.39 is 0 Å². The Kier molecular flexibility index (Phi) is 6.89. The Labute approximate surface area is 183 Å². The zero-order chi connectivity index (χ0) is 20.9. The highest BCUT2D eigenvalue weighted by Crippen LogP contribution is 2.37. The molecule has 1 fully saturated rings. The zero-order valence-electron chi connectivity index (χ0n) is 18.0. The lowest BCUT2D eigenvalue weighted by atomic mass is 9.80. The van der Waals surface area contributed by atoms with Gasteiger partial charge in [-0.15, -0.1) is 11.3 Å². The van der Waals surface area contributed by atoms with Crippen LogP contribution < -0.4 is 4.74 Å². The van der Waals surface area contributed by atoms with Gasteiger partial charge in [0.05, 0.1) is 6.61 Å². The maximum Gasteiger partial charge on any atom is 0.135 e. The van der Waals surface area contributed by atoms with Crippen molar-refractivity contribution in [3.63, 3.8) is 0 Å². The van der Waals surface area contributed by atoms with Crippen LogP contribution in [0.4, 0.5) is 4.39 Å². The van der Waals surface area contributed by atoms with Gasteiger partial charge in [-0.1, -0.05) is 44.1 Å². The maximum absolute atomic E-state index is 14.6. The minimum absolute atomic E-state index is 0.230. The topological polar surface area (TPSA) is 9.23 Å². The molecular formula is C27H31FOS. The van der Waals surface area contributed by atoms with Crippen LogP contribution in [-0.4, -0.2) is 6.61 Å². The summed E-state index contributed by atoms with van der Waals surface area (Å²) in [5.41, 5.74) is 1.87. The molecule has 0 bridgehead atoms. The van der Waals surface area contributed by atoms with Crippen LogP contribution in [-0.2, 0) is 0 Å². The first kappa shape index (κ1) is 21.1. The molecule has 1 saturated carbocycles. The van der Waals surface area contributed by atoms with Crippen molar-refractivity contribution in [2.24, 2.45) is 11.8 Å². The van der Waals surface area contributed by atoms with Crippen LogP contribution in [0.1, 0.15) is 57.9 Å². The number of halogens is 1. The second-order valence-corrected chi connectivity index (χ2v) is 9.49. The average Bonchev–Trinajstić information content (AvgIpc) is 3.17. The summed E-state index contributed by atoms with van der Waals surface area (Å²) >= 11 is 1.65. The molecule has 158 valence electrons. The number of rotatable bonds is 7. The Morgan fingerprint density at radius 1 is 1.03 bits per heavy atom. The minimum atomic E-state index is -0.230. The van der Waals surface area contributed by atoms with E-state index in [1.165, 1.54) is 60.2 Å². The van der Waals surface area contributed by atoms with Gasteiger partial charge in [-0.25, -0.2) is 4.39 Å². The number of ether oxygens (including phenoxy) is 1. The van der Waals surface area contributed by atoms with Crippen LogP contribution >= 0.6 is 11.3 Å². The van der Waals surface area contributed by atoms with Crippen LogP contribution in [0.15, 0.2) is 48.5 Å². The van der Waals surface area contributed by atoms with E-state index in [-0.39, 0.29) is 5.82 Å². The fourth-order valence-corrected chi connectivity index (χ4v) is 5.70. The fraction of sp³-hybridized carbons (Fsp3) is 0.407. The average molecular weight is 423 g/mol. The Morgan fingerprint density at radius 2 is 1.87 bits per heavy atom. The van der Waals surface area contributed by atoms with Gasteiger partial charge in [-0.2, -0.15) is 0 Å². The van der Waals surface area contributed by atoms with Crippen molar-refractivity contribution >= 4 is 27.5 Å². The van der Waals surface area contributed by atoms with Gasteiger partial charge in [0.1, 0.15) is 11.6 Å². The lowest BCUT2D eigenvalue weighted by Gasteiger charge is -2.26. The smallest absolute Gasteiger partial charge is 0.135 e. The van der Waals surface area contributed by atoms with Crippen LogP contribution in [0.3, 0.4) is 0 Å². The number of allylic oxidation sites excluding steroid dienone is 1. The zero-order valence-corrected chi connectivity index (χ0v) is 18.8. The van der Waals surface area contributed by atoms with E-state index in [4.69, 9.17) is 4.74 Å². The van der Waals surface area contributed by atoms with Crippen LogP contribution in [0.5, 0.6) is 5.75 Å². The molecule has 2 aromatic carbocycles. The molecule has 4 rings (SSSR count). The lowest BCUT2D eigenvalue weighted by Crippen LogP contribution is -2.12. The molecule has 1 aliphatic rings. The van der Waals surface area contributed by atoms with Crippen molar-refractivity contribution in [2.45, 2.75) is 52.4 Å². The van der Waals surface area contributed by atoms with Crippen molar-refractivity contribution in [3.05, 3.63) is 59.9 Å². The third-order valence-corrected chi connectivity index (χ3v) is 7.34. The Bertz CT molecular complexity index is 1010. The predicted octanol–water partition coefficient (Wildman–Crippen LogP) is 8.73. The second-order valence-electron chi connectivity index (χ2n) is 8.41. The third-order valence-electron chi connectivity index (χ3n) is 6.21. The Balaban J connectivity index is 1.48. The van der Waals surface area contributed by atoms with Gasteiger partial charge in [-0.3, -0.25) is 0 Å². The number of hydrogen-bond donors (Lipinski definition) is 0. The maximum atomic E-state index is 14.6. The number of hydrogen-bond acceptors (Lipinski definition) is 2. The van der Waals surface area contributed by atoms with Crippen molar-refractivity contribution in [2.75, 3.05) is 6.61 Å². The quantitative estimate of drug-likeness (QED) is 0.370. The highest BCUT2D eigenvalue weighted by molar-refractivity contribution is 7.22. The number of benzene rings is 2. The molecule has 0 atom stereocenters. The van der Waals surface area contributed by atoms with Gasteiger partial charge in [0.25, 0.3) is 0 Å². The molecule has 0 unspecified atom stereocenters. The second kappa shape index (κ2) is 9.78. The molecule has 0 saturated heterocycles. The first-order valence-electron chi connectivity index (χ1n) is 11.3. The summed E-state index contributed by atoms with van der Waals surface area (Å²) in [6.07, 6.45) is 12.8. The van der Waals surface area contributed by atoms with Crippen LogP contribution in [0.25, 0.3) is 26.6 Å². The van der Waals surface area contributed by atoms with E-state index >= 15 is 0 Å². The molecule has 30 heavy (non-hydrogen) atoms. The number of thiophene rings is 1. The fourth-order valence-electron chi connectivity index (χ4n) is 4.56. The Hall–Kier alpha value is -2.13. The summed E-state index contributed by atoms with van der Waals surface area (Å²) in [5, 5.41) is 1.17. The van der Waals surface area contributed by atoms with Crippen LogP contribution in [0.2, 0.25) is 0 Å². The van der Waals surface area contributed by atoms with Crippen molar-refractivity contribution in [1.29, 1.82) is 0 Å². The van der Waals surface area contributed by atoms with Gasteiger partial charge in [0, 0.05) is 21.2 Å². The molecule has 0 radical (unpaired) electrons. The third kappa shape index (κ3) is 4.95. The van der Waals surface area contributed by atoms with E-state index in [0.717, 1.165) is 10.8 Å². The highest BCUT2D eigenvalue weighted by atomic mass is 32.1. The normalized spacial score (nSPS) is 19.6. The first-order valence-corrected chi connectivity index (χ1v) is 12.1. The van der Waals surface area contributed by atoms with E-state index in [0.29, 0.717) is 23.8 Å². The molecule has 1 heterocycles. The highest BCUT2D eigenvalue weighted by Gasteiger charge is 2.18. The van der Waals surface area contributed by atoms with E-state index in [9.17, 15) is 4.39 Å². The van der Waals surface area contributed by atoms with Gasteiger partial charge < -0.3 is 4.74 Å². The van der Waals surface area contributed by atoms with Crippen molar-refractivity contribution < 1.29 is 9.13 Å². The minimum Gasteiger partial charge on any atom is -0.494 e. The molecule has 0 amide bonds. The van der Waals surface area contributed by atoms with E-state index in [1.54, 1.807) is 11.3 Å². The van der Waals surface area contributed by atoms with Crippen molar-refractivity contribution in [1.82, 2.24) is 0 Å². The molecule has 0 spiro atoms. The monoisotopic (exact) mass is 422 g/mol. The number of fused-ring (bicyclic) bond motifs is 1. The van der Waals surface area contributed by atoms with E-state index in [1.807, 2.05) is 19.1 Å². The Morgan fingerprint density at radius 3 is 2.60 bits per heavy atom. The SMILES string of the molecule is CCCC1CCC(/C=C/c2ccc3cc(-c4ccc(OCC)cc4F)sc3c2)CC1. The molecule has 0 N–H and O–H groups in total. The van der Waals surface area contributed by atoms with Gasteiger partial charge in [0.2, 0.25) is 0 Å². The van der Waals surface area contributed by atoms with Crippen LogP contribution in [0, 0.1) is 17.7 Å². The summed E-state index contributed by atoms with van der Waals surface area (Å²) in [4.78, 5) is 0.959. The molecule has 1 aromatic heterocycles. The summed E-state index contributed by atoms with van der Waals surface area (Å²) < 4.78 is 21.2. The first-order chi connectivity index (χ1) is 14.7. The largest absolute Gasteiger partial charge is 0.494 e. The molecule has 0 aliphatic heterocycles. The van der Waals surface area contributed by atoms with Gasteiger partial charge >= 0.3 is 0 Å². The molecule has 1 aliphatic carbocycles. The standard InChI is InChI=1S/C27H31FOS/c1-3-5-19-6-8-20(9-7-19)10-11-21-12-13-22-17-27(30-26(22)16-21)24-15-14-23(29-4-2)18-25(24)28/h10-20H,3-9H2,1-2H3/b11-10+. The van der Waals surface area contributed by atoms with E-state index in [2.05, 4.69) is 43.3 Å². The molecule has 1 nitrogen and oxygen atoms in total. The summed E-state index contributed by atoms with van der Waals surface area (Å²) in [6.45, 7) is 4.74. The molecular weight excluding hydrogens is 391 g/mol. The van der Waals surface area contributed by atoms with Gasteiger partial charge in [-0.05, 0) is 79.7 Å². The van der Waals surface area contributed by atoms with Gasteiger partial charge in [0.15, 0.2) is 0 Å².